The molecule has 0 atom stereocenters. The van der Waals surface area contributed by atoms with Gasteiger partial charge in [0.1, 0.15) is 22.8 Å². The molecule has 0 amide bonds. The predicted octanol–water partition coefficient (Wildman–Crippen LogP) is 3.35. The fourth-order valence-electron chi connectivity index (χ4n) is 3.88. The van der Waals surface area contributed by atoms with E-state index in [0.29, 0.717) is 11.5 Å². The van der Waals surface area contributed by atoms with Gasteiger partial charge in [0.15, 0.2) is 0 Å². The molecule has 3 aromatic rings. The Labute approximate surface area is 158 Å². The Bertz CT molecular complexity index is 964. The average Bonchev–Trinajstić information content (AvgIpc) is 3.01. The average molecular weight is 367 g/mol. The Morgan fingerprint density at radius 1 is 1.07 bits per heavy atom. The van der Waals surface area contributed by atoms with Crippen LogP contribution < -0.4 is 14.5 Å². The number of rotatable bonds is 3. The molecule has 142 valence electrons. The number of ether oxygens (including phenoxy) is 1. The Morgan fingerprint density at radius 2 is 1.81 bits per heavy atom. The number of fused-ring (bicyclic) bond motifs is 1. The van der Waals surface area contributed by atoms with E-state index in [0.717, 1.165) is 42.3 Å². The van der Waals surface area contributed by atoms with Crippen LogP contribution in [-0.2, 0) is 0 Å². The number of methoxy groups -OCH3 is 1. The van der Waals surface area contributed by atoms with Crippen LogP contribution in [0.3, 0.4) is 0 Å². The summed E-state index contributed by atoms with van der Waals surface area (Å²) >= 11 is 0. The molecule has 0 bridgehead atoms. The number of anilines is 2. The zero-order valence-electron chi connectivity index (χ0n) is 16.5. The van der Waals surface area contributed by atoms with Gasteiger partial charge in [0.25, 0.3) is 5.71 Å². The van der Waals surface area contributed by atoms with Crippen LogP contribution in [0.1, 0.15) is 25.4 Å². The van der Waals surface area contributed by atoms with Gasteiger partial charge in [-0.25, -0.2) is 4.98 Å². The number of aryl methyl sites for hydroxylation is 2. The van der Waals surface area contributed by atoms with Crippen LogP contribution in [0, 0.1) is 13.8 Å². The number of benzene rings is 1. The lowest BCUT2D eigenvalue weighted by atomic mass is 9.97. The molecule has 4 rings (SSSR count). The second-order valence-corrected chi connectivity index (χ2v) is 7.63. The minimum absolute atomic E-state index is 0.0664. The Hall–Kier alpha value is -2.83. The van der Waals surface area contributed by atoms with Crippen LogP contribution in [0.15, 0.2) is 28.8 Å². The molecule has 27 heavy (non-hydrogen) atoms. The van der Waals surface area contributed by atoms with Crippen molar-refractivity contribution in [2.45, 2.75) is 33.2 Å². The molecule has 1 aromatic carbocycles. The zero-order valence-corrected chi connectivity index (χ0v) is 16.5. The second kappa shape index (κ2) is 6.40. The SMILES string of the molecule is COc1ccc(N2CCN(c3nc(C)nc4onc(C)c34)CC2(C)C)cc1. The fourth-order valence-corrected chi connectivity index (χ4v) is 3.88. The maximum absolute atomic E-state index is 5.38. The lowest BCUT2D eigenvalue weighted by Crippen LogP contribution is -2.60. The molecule has 0 spiro atoms. The van der Waals surface area contributed by atoms with Crippen molar-refractivity contribution in [1.29, 1.82) is 0 Å². The van der Waals surface area contributed by atoms with Crippen molar-refractivity contribution in [3.05, 3.63) is 35.8 Å². The largest absolute Gasteiger partial charge is 0.497 e. The van der Waals surface area contributed by atoms with Gasteiger partial charge in [-0.15, -0.1) is 0 Å². The summed E-state index contributed by atoms with van der Waals surface area (Å²) in [4.78, 5) is 13.9. The van der Waals surface area contributed by atoms with Crippen LogP contribution in [0.25, 0.3) is 11.1 Å². The highest BCUT2D eigenvalue weighted by Gasteiger charge is 2.35. The van der Waals surface area contributed by atoms with Crippen molar-refractivity contribution >= 4 is 22.6 Å². The van der Waals surface area contributed by atoms with E-state index in [1.807, 2.05) is 26.0 Å². The highest BCUT2D eigenvalue weighted by Crippen LogP contribution is 2.34. The molecule has 3 heterocycles. The molecule has 0 radical (unpaired) electrons. The van der Waals surface area contributed by atoms with Crippen molar-refractivity contribution in [2.24, 2.45) is 0 Å². The Morgan fingerprint density at radius 3 is 2.48 bits per heavy atom. The summed E-state index contributed by atoms with van der Waals surface area (Å²) in [6, 6.07) is 8.26. The van der Waals surface area contributed by atoms with Gasteiger partial charge in [0, 0.05) is 25.3 Å². The third-order valence-electron chi connectivity index (χ3n) is 5.19. The van der Waals surface area contributed by atoms with Crippen molar-refractivity contribution in [1.82, 2.24) is 15.1 Å². The topological polar surface area (TPSA) is 67.5 Å². The van der Waals surface area contributed by atoms with Gasteiger partial charge in [0.05, 0.1) is 18.3 Å². The molecule has 2 aromatic heterocycles. The molecule has 1 saturated heterocycles. The molecule has 0 unspecified atom stereocenters. The Kier molecular flexibility index (Phi) is 4.17. The number of hydrogen-bond acceptors (Lipinski definition) is 7. The van der Waals surface area contributed by atoms with E-state index in [1.54, 1.807) is 7.11 Å². The molecule has 0 saturated carbocycles. The summed E-state index contributed by atoms with van der Waals surface area (Å²) in [5.41, 5.74) is 2.52. The highest BCUT2D eigenvalue weighted by atomic mass is 16.5. The van der Waals surface area contributed by atoms with Crippen LogP contribution in [0.2, 0.25) is 0 Å². The van der Waals surface area contributed by atoms with Crippen molar-refractivity contribution < 1.29 is 9.26 Å². The molecule has 7 nitrogen and oxygen atoms in total. The van der Waals surface area contributed by atoms with Crippen molar-refractivity contribution in [2.75, 3.05) is 36.5 Å². The summed E-state index contributed by atoms with van der Waals surface area (Å²) in [7, 11) is 1.69. The van der Waals surface area contributed by atoms with Crippen molar-refractivity contribution in [3.8, 4) is 5.75 Å². The zero-order chi connectivity index (χ0) is 19.2. The van der Waals surface area contributed by atoms with Gasteiger partial charge in [-0.2, -0.15) is 4.98 Å². The van der Waals surface area contributed by atoms with E-state index in [9.17, 15) is 0 Å². The first-order valence-corrected chi connectivity index (χ1v) is 9.16. The molecule has 1 fully saturated rings. The molecule has 0 aliphatic carbocycles. The number of nitrogens with zero attached hydrogens (tertiary/aromatic N) is 5. The third-order valence-corrected chi connectivity index (χ3v) is 5.19. The summed E-state index contributed by atoms with van der Waals surface area (Å²) in [5.74, 6) is 2.49. The van der Waals surface area contributed by atoms with E-state index >= 15 is 0 Å². The third kappa shape index (κ3) is 3.07. The quantitative estimate of drug-likeness (QED) is 0.703. The van der Waals surface area contributed by atoms with Gasteiger partial charge in [-0.1, -0.05) is 5.16 Å². The Balaban J connectivity index is 1.65. The van der Waals surface area contributed by atoms with Gasteiger partial charge in [0.2, 0.25) is 0 Å². The minimum atomic E-state index is -0.0664. The molecular weight excluding hydrogens is 342 g/mol. The summed E-state index contributed by atoms with van der Waals surface area (Å²) in [6.45, 7) is 10.9. The van der Waals surface area contributed by atoms with Crippen LogP contribution in [0.4, 0.5) is 11.5 Å². The predicted molar refractivity (Wildman–Crippen MR) is 106 cm³/mol. The summed E-state index contributed by atoms with van der Waals surface area (Å²) in [6.07, 6.45) is 0. The fraction of sp³-hybridized carbons (Fsp3) is 0.450. The van der Waals surface area contributed by atoms with Crippen LogP contribution >= 0.6 is 0 Å². The lowest BCUT2D eigenvalue weighted by Gasteiger charge is -2.49. The number of aromatic nitrogens is 3. The van der Waals surface area contributed by atoms with Gasteiger partial charge < -0.3 is 19.1 Å². The monoisotopic (exact) mass is 367 g/mol. The number of hydrogen-bond donors (Lipinski definition) is 0. The molecule has 1 aliphatic rings. The first-order chi connectivity index (χ1) is 12.9. The smallest absolute Gasteiger partial charge is 0.263 e. The molecular formula is C20H25N5O2. The van der Waals surface area contributed by atoms with E-state index < -0.39 is 0 Å². The standard InChI is InChI=1S/C20H25N5O2/c1-13-17-18(21-14(2)22-19(17)27-23-13)24-10-11-25(20(3,4)12-24)15-6-8-16(26-5)9-7-15/h6-9H,10-12H2,1-5H3. The summed E-state index contributed by atoms with van der Waals surface area (Å²) in [5, 5.41) is 4.99. The maximum atomic E-state index is 5.38. The van der Waals surface area contributed by atoms with Crippen LogP contribution in [-0.4, -0.2) is 47.4 Å². The highest BCUT2D eigenvalue weighted by molar-refractivity contribution is 5.88. The number of piperazine rings is 1. The normalized spacial score (nSPS) is 16.8. The van der Waals surface area contributed by atoms with Gasteiger partial charge in [-0.3, -0.25) is 0 Å². The van der Waals surface area contributed by atoms with E-state index in [2.05, 4.69) is 45.9 Å². The molecule has 0 N–H and O–H groups in total. The van der Waals surface area contributed by atoms with Gasteiger partial charge >= 0.3 is 0 Å². The summed E-state index contributed by atoms with van der Waals surface area (Å²) < 4.78 is 10.7. The lowest BCUT2D eigenvalue weighted by molar-refractivity contribution is 0.409. The maximum Gasteiger partial charge on any atom is 0.263 e. The molecule has 7 heteroatoms. The van der Waals surface area contributed by atoms with Crippen LogP contribution in [0.5, 0.6) is 5.75 Å². The minimum Gasteiger partial charge on any atom is -0.497 e. The first kappa shape index (κ1) is 17.6. The first-order valence-electron chi connectivity index (χ1n) is 9.16. The molecule has 1 aliphatic heterocycles. The second-order valence-electron chi connectivity index (χ2n) is 7.63. The van der Waals surface area contributed by atoms with Crippen molar-refractivity contribution in [3.63, 3.8) is 0 Å². The van der Waals surface area contributed by atoms with E-state index in [-0.39, 0.29) is 5.54 Å². The van der Waals surface area contributed by atoms with Gasteiger partial charge in [-0.05, 0) is 52.0 Å². The van der Waals surface area contributed by atoms with E-state index in [4.69, 9.17) is 14.2 Å². The van der Waals surface area contributed by atoms with E-state index in [1.165, 1.54) is 5.69 Å².